The molecule has 0 aliphatic heterocycles. The van der Waals surface area contributed by atoms with Gasteiger partial charge in [0.1, 0.15) is 29.2 Å². The van der Waals surface area contributed by atoms with Gasteiger partial charge in [0, 0.05) is 6.07 Å². The Morgan fingerprint density at radius 2 is 2.00 bits per heavy atom. The minimum absolute atomic E-state index is 0.0206. The van der Waals surface area contributed by atoms with Gasteiger partial charge in [-0.05, 0) is 24.3 Å². The molecule has 0 amide bonds. The predicted octanol–water partition coefficient (Wildman–Crippen LogP) is 2.47. The van der Waals surface area contributed by atoms with Crippen LogP contribution in [0.25, 0.3) is 0 Å². The van der Waals surface area contributed by atoms with Crippen molar-refractivity contribution in [3.63, 3.8) is 0 Å². The molecule has 0 aliphatic carbocycles. The smallest absolute Gasteiger partial charge is 0.145 e. The molecule has 0 saturated carbocycles. The third-order valence-corrected chi connectivity index (χ3v) is 2.06. The van der Waals surface area contributed by atoms with E-state index < -0.39 is 5.82 Å². The maximum absolute atomic E-state index is 13.3. The van der Waals surface area contributed by atoms with Crippen LogP contribution in [0.5, 0.6) is 11.5 Å². The van der Waals surface area contributed by atoms with Gasteiger partial charge in [-0.1, -0.05) is 0 Å². The SMILES string of the molecule is N#Cc1ccc(Oc2ccc(N)nc2)cc1F. The highest BCUT2D eigenvalue weighted by atomic mass is 19.1. The number of nitriles is 1. The van der Waals surface area contributed by atoms with Crippen molar-refractivity contribution in [3.05, 3.63) is 47.9 Å². The lowest BCUT2D eigenvalue weighted by Gasteiger charge is -2.05. The minimum atomic E-state index is -0.617. The lowest BCUT2D eigenvalue weighted by Crippen LogP contribution is -1.91. The van der Waals surface area contributed by atoms with Gasteiger partial charge in [-0.25, -0.2) is 9.37 Å². The molecule has 1 heterocycles. The molecule has 0 atom stereocenters. The summed E-state index contributed by atoms with van der Waals surface area (Å²) in [7, 11) is 0. The zero-order chi connectivity index (χ0) is 12.3. The van der Waals surface area contributed by atoms with Crippen molar-refractivity contribution in [2.75, 3.05) is 5.73 Å². The van der Waals surface area contributed by atoms with Gasteiger partial charge >= 0.3 is 0 Å². The number of rotatable bonds is 2. The number of nitrogens with zero attached hydrogens (tertiary/aromatic N) is 2. The van der Waals surface area contributed by atoms with Crippen LogP contribution >= 0.6 is 0 Å². The summed E-state index contributed by atoms with van der Waals surface area (Å²) in [5, 5.41) is 8.57. The van der Waals surface area contributed by atoms with Crippen LogP contribution in [-0.4, -0.2) is 4.98 Å². The maximum Gasteiger partial charge on any atom is 0.145 e. The van der Waals surface area contributed by atoms with Gasteiger partial charge in [0.25, 0.3) is 0 Å². The molecule has 5 heteroatoms. The van der Waals surface area contributed by atoms with Crippen LogP contribution in [0.1, 0.15) is 5.56 Å². The van der Waals surface area contributed by atoms with E-state index in [1.54, 1.807) is 18.2 Å². The molecule has 1 aromatic heterocycles. The first-order chi connectivity index (χ1) is 8.19. The van der Waals surface area contributed by atoms with Gasteiger partial charge in [0.05, 0.1) is 11.8 Å². The first-order valence-electron chi connectivity index (χ1n) is 4.78. The molecule has 2 N–H and O–H groups in total. The fraction of sp³-hybridized carbons (Fsp3) is 0. The quantitative estimate of drug-likeness (QED) is 0.858. The Morgan fingerprint density at radius 1 is 1.24 bits per heavy atom. The van der Waals surface area contributed by atoms with Crippen LogP contribution in [0.15, 0.2) is 36.5 Å². The molecule has 17 heavy (non-hydrogen) atoms. The molecular weight excluding hydrogens is 221 g/mol. The molecule has 0 saturated heterocycles. The second-order valence-corrected chi connectivity index (χ2v) is 3.27. The van der Waals surface area contributed by atoms with Crippen LogP contribution < -0.4 is 10.5 Å². The third-order valence-electron chi connectivity index (χ3n) is 2.06. The fourth-order valence-corrected chi connectivity index (χ4v) is 1.24. The van der Waals surface area contributed by atoms with Crippen LogP contribution in [0.4, 0.5) is 10.2 Å². The van der Waals surface area contributed by atoms with E-state index in [9.17, 15) is 4.39 Å². The van der Waals surface area contributed by atoms with Crippen molar-refractivity contribution in [2.24, 2.45) is 0 Å². The zero-order valence-corrected chi connectivity index (χ0v) is 8.72. The number of aromatic nitrogens is 1. The molecule has 0 bridgehead atoms. The number of anilines is 1. The lowest BCUT2D eigenvalue weighted by molar-refractivity contribution is 0.474. The Kier molecular flexibility index (Phi) is 2.88. The molecule has 0 aliphatic rings. The van der Waals surface area contributed by atoms with Gasteiger partial charge in [-0.3, -0.25) is 0 Å². The van der Waals surface area contributed by atoms with E-state index in [1.807, 2.05) is 0 Å². The topological polar surface area (TPSA) is 71.9 Å². The summed E-state index contributed by atoms with van der Waals surface area (Å²) < 4.78 is 18.6. The van der Waals surface area contributed by atoms with E-state index in [-0.39, 0.29) is 5.56 Å². The van der Waals surface area contributed by atoms with Crippen molar-refractivity contribution in [2.45, 2.75) is 0 Å². The molecular formula is C12H8FN3O. The number of nitrogen functional groups attached to an aromatic ring is 1. The van der Waals surface area contributed by atoms with E-state index in [4.69, 9.17) is 15.7 Å². The second kappa shape index (κ2) is 4.49. The molecule has 2 rings (SSSR count). The van der Waals surface area contributed by atoms with Gasteiger partial charge in [0.15, 0.2) is 0 Å². The van der Waals surface area contributed by atoms with Gasteiger partial charge in [-0.2, -0.15) is 5.26 Å². The summed E-state index contributed by atoms with van der Waals surface area (Å²) in [6.07, 6.45) is 1.44. The number of hydrogen-bond donors (Lipinski definition) is 1. The number of ether oxygens (including phenoxy) is 1. The second-order valence-electron chi connectivity index (χ2n) is 3.27. The maximum atomic E-state index is 13.3. The number of pyridine rings is 1. The van der Waals surface area contributed by atoms with Crippen LogP contribution in [0, 0.1) is 17.1 Å². The Balaban J connectivity index is 2.22. The Hall–Kier alpha value is -2.61. The highest BCUT2D eigenvalue weighted by Gasteiger charge is 2.04. The monoisotopic (exact) mass is 229 g/mol. The standard InChI is InChI=1S/C12H8FN3O/c13-11-5-9(2-1-8(11)6-14)17-10-3-4-12(15)16-7-10/h1-5,7H,(H2,15,16). The first-order valence-corrected chi connectivity index (χ1v) is 4.78. The average Bonchev–Trinajstić information content (AvgIpc) is 2.32. The molecule has 0 radical (unpaired) electrons. The molecule has 1 aromatic carbocycles. The number of hydrogen-bond acceptors (Lipinski definition) is 4. The number of nitrogens with two attached hydrogens (primary N) is 1. The van der Waals surface area contributed by atoms with E-state index in [0.29, 0.717) is 17.3 Å². The van der Waals surface area contributed by atoms with Crippen LogP contribution in [0.3, 0.4) is 0 Å². The first kappa shape index (κ1) is 10.9. The third kappa shape index (κ3) is 2.49. The largest absolute Gasteiger partial charge is 0.456 e. The van der Waals surface area contributed by atoms with E-state index in [0.717, 1.165) is 6.07 Å². The van der Waals surface area contributed by atoms with Crippen molar-refractivity contribution in [1.82, 2.24) is 4.98 Å². The summed E-state index contributed by atoms with van der Waals surface area (Å²) in [4.78, 5) is 3.84. The number of halogens is 1. The predicted molar refractivity (Wildman–Crippen MR) is 59.8 cm³/mol. The molecule has 0 spiro atoms. The van der Waals surface area contributed by atoms with Crippen molar-refractivity contribution >= 4 is 5.82 Å². The number of benzene rings is 1. The van der Waals surface area contributed by atoms with Crippen LogP contribution in [0.2, 0.25) is 0 Å². The summed E-state index contributed by atoms with van der Waals surface area (Å²) in [6, 6.07) is 8.95. The summed E-state index contributed by atoms with van der Waals surface area (Å²) in [5.74, 6) is 0.508. The van der Waals surface area contributed by atoms with Crippen molar-refractivity contribution in [1.29, 1.82) is 5.26 Å². The van der Waals surface area contributed by atoms with E-state index in [2.05, 4.69) is 4.98 Å². The van der Waals surface area contributed by atoms with Gasteiger partial charge in [-0.15, -0.1) is 0 Å². The fourth-order valence-electron chi connectivity index (χ4n) is 1.24. The Bertz CT molecular complexity index is 575. The van der Waals surface area contributed by atoms with Gasteiger partial charge < -0.3 is 10.5 Å². The summed E-state index contributed by atoms with van der Waals surface area (Å²) in [6.45, 7) is 0. The van der Waals surface area contributed by atoms with Crippen molar-refractivity contribution < 1.29 is 9.13 Å². The minimum Gasteiger partial charge on any atom is -0.456 e. The zero-order valence-electron chi connectivity index (χ0n) is 8.72. The summed E-state index contributed by atoms with van der Waals surface area (Å²) >= 11 is 0. The average molecular weight is 229 g/mol. The Labute approximate surface area is 97.1 Å². The molecule has 84 valence electrons. The van der Waals surface area contributed by atoms with Gasteiger partial charge in [0.2, 0.25) is 0 Å². The molecule has 0 fully saturated rings. The molecule has 4 nitrogen and oxygen atoms in total. The summed E-state index contributed by atoms with van der Waals surface area (Å²) in [5.41, 5.74) is 5.40. The highest BCUT2D eigenvalue weighted by Crippen LogP contribution is 2.22. The Morgan fingerprint density at radius 3 is 2.59 bits per heavy atom. The normalized spacial score (nSPS) is 9.65. The molecule has 0 unspecified atom stereocenters. The highest BCUT2D eigenvalue weighted by molar-refractivity contribution is 5.39. The van der Waals surface area contributed by atoms with E-state index in [1.165, 1.54) is 18.3 Å². The van der Waals surface area contributed by atoms with E-state index >= 15 is 0 Å². The van der Waals surface area contributed by atoms with Crippen molar-refractivity contribution in [3.8, 4) is 17.6 Å². The lowest BCUT2D eigenvalue weighted by atomic mass is 10.2. The molecule has 2 aromatic rings. The van der Waals surface area contributed by atoms with Crippen LogP contribution in [-0.2, 0) is 0 Å².